The predicted octanol–water partition coefficient (Wildman–Crippen LogP) is 1.71. The van der Waals surface area contributed by atoms with E-state index in [2.05, 4.69) is 35.6 Å². The summed E-state index contributed by atoms with van der Waals surface area (Å²) in [5.41, 5.74) is -0.423. The van der Waals surface area contributed by atoms with Gasteiger partial charge >= 0.3 is 0 Å². The first kappa shape index (κ1) is 17.8. The van der Waals surface area contributed by atoms with Gasteiger partial charge in [0.2, 0.25) is 5.91 Å². The normalized spacial score (nSPS) is 18.1. The van der Waals surface area contributed by atoms with Crippen LogP contribution in [0.5, 0.6) is 0 Å². The molecule has 0 aromatic carbocycles. The van der Waals surface area contributed by atoms with Crippen molar-refractivity contribution in [2.75, 3.05) is 39.0 Å². The molecule has 20 heavy (non-hydrogen) atoms. The topological polar surface area (TPSA) is 44.4 Å². The summed E-state index contributed by atoms with van der Waals surface area (Å²) in [5, 5.41) is 6.52. The van der Waals surface area contributed by atoms with E-state index in [4.69, 9.17) is 0 Å². The van der Waals surface area contributed by atoms with Gasteiger partial charge in [-0.05, 0) is 32.9 Å². The summed E-state index contributed by atoms with van der Waals surface area (Å²) < 4.78 is 0.176. The Bertz CT molecular complexity index is 302. The number of carbonyl (C=O) groups excluding carboxylic acids is 1. The van der Waals surface area contributed by atoms with Gasteiger partial charge in [-0.2, -0.15) is 11.8 Å². The maximum Gasteiger partial charge on any atom is 0.240 e. The van der Waals surface area contributed by atoms with Gasteiger partial charge in [-0.1, -0.05) is 13.8 Å². The smallest absolute Gasteiger partial charge is 0.240 e. The molecule has 1 amide bonds. The van der Waals surface area contributed by atoms with Gasteiger partial charge in [0.25, 0.3) is 0 Å². The molecule has 0 aliphatic carbocycles. The van der Waals surface area contributed by atoms with Crippen LogP contribution >= 0.6 is 11.8 Å². The van der Waals surface area contributed by atoms with E-state index < -0.39 is 5.54 Å². The number of hydrogen-bond acceptors (Lipinski definition) is 4. The summed E-state index contributed by atoms with van der Waals surface area (Å²) in [6.45, 7) is 13.0. The van der Waals surface area contributed by atoms with Gasteiger partial charge in [0.05, 0.1) is 5.54 Å². The van der Waals surface area contributed by atoms with Crippen LogP contribution in [0.15, 0.2) is 0 Å². The second-order valence-corrected chi connectivity index (χ2v) is 7.35. The highest BCUT2D eigenvalue weighted by Crippen LogP contribution is 2.29. The molecule has 0 atom stereocenters. The molecule has 1 aliphatic heterocycles. The highest BCUT2D eigenvalue weighted by atomic mass is 32.2. The number of amides is 1. The van der Waals surface area contributed by atoms with E-state index in [9.17, 15) is 4.79 Å². The number of carbonyl (C=O) groups is 1. The Balaban J connectivity index is 2.60. The first-order chi connectivity index (χ1) is 9.41. The minimum atomic E-state index is -0.423. The molecule has 1 saturated heterocycles. The number of nitrogens with zero attached hydrogens (tertiary/aromatic N) is 1. The van der Waals surface area contributed by atoms with E-state index in [1.165, 1.54) is 0 Å². The van der Waals surface area contributed by atoms with Gasteiger partial charge in [-0.25, -0.2) is 0 Å². The number of piperazine rings is 1. The number of hydrogen-bond donors (Lipinski definition) is 2. The molecule has 1 aliphatic rings. The third-order valence-electron chi connectivity index (χ3n) is 4.76. The molecular formula is C15H31N3OS. The summed E-state index contributed by atoms with van der Waals surface area (Å²) in [5.74, 6) is 0.153. The minimum absolute atomic E-state index is 0.153. The first-order valence-corrected chi connectivity index (χ1v) is 8.93. The molecule has 4 nitrogen and oxygen atoms in total. The average Bonchev–Trinajstić information content (AvgIpc) is 2.49. The standard InChI is InChI=1S/C15H31N3OS/c1-6-15(7-2,20-5)12-17-13(19)14(3,4)18-10-8-16-9-11-18/h16H,6-12H2,1-5H3,(H,17,19). The Morgan fingerprint density at radius 1 is 1.25 bits per heavy atom. The third-order valence-corrected chi connectivity index (χ3v) is 6.34. The largest absolute Gasteiger partial charge is 0.353 e. The molecule has 0 aromatic heterocycles. The highest BCUT2D eigenvalue weighted by molar-refractivity contribution is 8.00. The van der Waals surface area contributed by atoms with Crippen LogP contribution in [0.25, 0.3) is 0 Å². The van der Waals surface area contributed by atoms with Crippen molar-refractivity contribution < 1.29 is 4.79 Å². The molecule has 1 heterocycles. The predicted molar refractivity (Wildman–Crippen MR) is 88.4 cm³/mol. The molecule has 0 aromatic rings. The van der Waals surface area contributed by atoms with Gasteiger partial charge in [0.15, 0.2) is 0 Å². The molecule has 0 spiro atoms. The van der Waals surface area contributed by atoms with Crippen molar-refractivity contribution in [3.63, 3.8) is 0 Å². The lowest BCUT2D eigenvalue weighted by molar-refractivity contribution is -0.132. The van der Waals surface area contributed by atoms with Crippen LogP contribution in [-0.4, -0.2) is 60.1 Å². The lowest BCUT2D eigenvalue weighted by Crippen LogP contribution is -2.60. The van der Waals surface area contributed by atoms with Gasteiger partial charge in [0.1, 0.15) is 0 Å². The Hall–Kier alpha value is -0.260. The number of rotatable bonds is 7. The molecule has 0 saturated carbocycles. The second kappa shape index (κ2) is 7.66. The van der Waals surface area contributed by atoms with Crippen molar-refractivity contribution in [2.45, 2.75) is 50.8 Å². The SMILES string of the molecule is CCC(CC)(CNC(=O)C(C)(C)N1CCNCC1)SC. The fraction of sp³-hybridized carbons (Fsp3) is 0.933. The summed E-state index contributed by atoms with van der Waals surface area (Å²) in [4.78, 5) is 14.9. The summed E-state index contributed by atoms with van der Waals surface area (Å²) >= 11 is 1.87. The zero-order valence-corrected chi connectivity index (χ0v) is 14.5. The zero-order chi connectivity index (χ0) is 15.2. The van der Waals surface area contributed by atoms with Gasteiger partial charge in [-0.3, -0.25) is 9.69 Å². The lowest BCUT2D eigenvalue weighted by atomic mass is 9.98. The molecule has 1 rings (SSSR count). The van der Waals surface area contributed by atoms with E-state index in [1.54, 1.807) is 0 Å². The van der Waals surface area contributed by atoms with Crippen LogP contribution in [-0.2, 0) is 4.79 Å². The monoisotopic (exact) mass is 301 g/mol. The van der Waals surface area contributed by atoms with Crippen molar-refractivity contribution in [1.82, 2.24) is 15.5 Å². The van der Waals surface area contributed by atoms with Crippen LogP contribution in [0, 0.1) is 0 Å². The fourth-order valence-corrected chi connectivity index (χ4v) is 3.48. The maximum atomic E-state index is 12.6. The molecule has 118 valence electrons. The average molecular weight is 301 g/mol. The molecule has 0 unspecified atom stereocenters. The van der Waals surface area contributed by atoms with Crippen molar-refractivity contribution in [3.8, 4) is 0 Å². The first-order valence-electron chi connectivity index (χ1n) is 7.71. The van der Waals surface area contributed by atoms with E-state index in [0.717, 1.165) is 45.6 Å². The van der Waals surface area contributed by atoms with E-state index >= 15 is 0 Å². The Morgan fingerprint density at radius 3 is 2.25 bits per heavy atom. The van der Waals surface area contributed by atoms with Crippen LogP contribution < -0.4 is 10.6 Å². The number of nitrogens with one attached hydrogen (secondary N) is 2. The van der Waals surface area contributed by atoms with E-state index in [0.29, 0.717) is 0 Å². The van der Waals surface area contributed by atoms with Crippen LogP contribution in [0.3, 0.4) is 0 Å². The van der Waals surface area contributed by atoms with E-state index in [-0.39, 0.29) is 10.7 Å². The van der Waals surface area contributed by atoms with Gasteiger partial charge < -0.3 is 10.6 Å². The molecular weight excluding hydrogens is 270 g/mol. The van der Waals surface area contributed by atoms with Crippen molar-refractivity contribution >= 4 is 17.7 Å². The Labute approximate surface area is 128 Å². The highest BCUT2D eigenvalue weighted by Gasteiger charge is 2.36. The van der Waals surface area contributed by atoms with Crippen molar-refractivity contribution in [3.05, 3.63) is 0 Å². The van der Waals surface area contributed by atoms with Crippen molar-refractivity contribution in [2.24, 2.45) is 0 Å². The van der Waals surface area contributed by atoms with Crippen LogP contribution in [0.1, 0.15) is 40.5 Å². The molecule has 2 N–H and O–H groups in total. The third kappa shape index (κ3) is 4.12. The van der Waals surface area contributed by atoms with E-state index in [1.807, 2.05) is 25.6 Å². The van der Waals surface area contributed by atoms with Crippen LogP contribution in [0.4, 0.5) is 0 Å². The Morgan fingerprint density at radius 2 is 1.80 bits per heavy atom. The molecule has 0 bridgehead atoms. The number of thioether (sulfide) groups is 1. The van der Waals surface area contributed by atoms with Gasteiger partial charge in [0, 0.05) is 37.5 Å². The summed E-state index contributed by atoms with van der Waals surface area (Å²) in [7, 11) is 0. The zero-order valence-electron chi connectivity index (χ0n) is 13.7. The summed E-state index contributed by atoms with van der Waals surface area (Å²) in [6.07, 6.45) is 4.30. The summed E-state index contributed by atoms with van der Waals surface area (Å²) in [6, 6.07) is 0. The molecule has 5 heteroatoms. The quantitative estimate of drug-likeness (QED) is 0.751. The maximum absolute atomic E-state index is 12.6. The molecule has 0 radical (unpaired) electrons. The van der Waals surface area contributed by atoms with Crippen LogP contribution in [0.2, 0.25) is 0 Å². The van der Waals surface area contributed by atoms with Crippen molar-refractivity contribution in [1.29, 1.82) is 0 Å². The lowest BCUT2D eigenvalue weighted by Gasteiger charge is -2.40. The second-order valence-electron chi connectivity index (χ2n) is 6.07. The fourth-order valence-electron chi connectivity index (χ4n) is 2.69. The molecule has 1 fully saturated rings. The Kier molecular flexibility index (Phi) is 6.82. The van der Waals surface area contributed by atoms with Gasteiger partial charge in [-0.15, -0.1) is 0 Å². The minimum Gasteiger partial charge on any atom is -0.353 e.